The van der Waals surface area contributed by atoms with E-state index >= 15 is 0 Å². The SMILES string of the molecule is CC(C)(C)c1ccc(OCCNC(=O)CCCN(c2ccc(Cl)cc2C(F)(F)F)S(C)(=O)=O)cc1. The van der Waals surface area contributed by atoms with Crippen LogP contribution < -0.4 is 14.4 Å². The molecule has 11 heteroatoms. The highest BCUT2D eigenvalue weighted by atomic mass is 35.5. The van der Waals surface area contributed by atoms with Gasteiger partial charge in [-0.05, 0) is 47.7 Å². The average Bonchev–Trinajstić information content (AvgIpc) is 2.73. The van der Waals surface area contributed by atoms with E-state index in [0.29, 0.717) is 16.1 Å². The van der Waals surface area contributed by atoms with E-state index in [1.807, 2.05) is 24.3 Å². The fraction of sp³-hybridized carbons (Fsp3) is 0.458. The number of hydrogen-bond donors (Lipinski definition) is 1. The number of nitrogens with one attached hydrogen (secondary N) is 1. The second kappa shape index (κ2) is 11.5. The molecular weight excluding hydrogens is 505 g/mol. The number of ether oxygens (including phenoxy) is 1. The predicted octanol–water partition coefficient (Wildman–Crippen LogP) is 5.40. The number of hydrogen-bond acceptors (Lipinski definition) is 4. The third-order valence-corrected chi connectivity index (χ3v) is 6.53. The molecule has 0 aliphatic carbocycles. The van der Waals surface area contributed by atoms with Crippen LogP contribution in [-0.4, -0.2) is 40.3 Å². The van der Waals surface area contributed by atoms with Gasteiger partial charge in [0.25, 0.3) is 0 Å². The number of nitrogens with zero attached hydrogens (tertiary/aromatic N) is 1. The zero-order valence-corrected chi connectivity index (χ0v) is 21.6. The van der Waals surface area contributed by atoms with Crippen LogP contribution in [0.2, 0.25) is 5.02 Å². The number of benzene rings is 2. The third kappa shape index (κ3) is 8.92. The molecule has 194 valence electrons. The molecule has 0 aliphatic rings. The van der Waals surface area contributed by atoms with Crippen LogP contribution in [0.25, 0.3) is 0 Å². The molecule has 0 heterocycles. The Labute approximate surface area is 209 Å². The molecule has 35 heavy (non-hydrogen) atoms. The molecular formula is C24H30ClF3N2O4S. The summed E-state index contributed by atoms with van der Waals surface area (Å²) in [6.07, 6.45) is -4.03. The Balaban J connectivity index is 1.88. The third-order valence-electron chi connectivity index (χ3n) is 5.11. The molecule has 0 fully saturated rings. The molecule has 0 saturated heterocycles. The Morgan fingerprint density at radius 2 is 1.71 bits per heavy atom. The van der Waals surface area contributed by atoms with E-state index < -0.39 is 27.5 Å². The number of sulfonamides is 1. The van der Waals surface area contributed by atoms with Gasteiger partial charge in [-0.2, -0.15) is 13.2 Å². The summed E-state index contributed by atoms with van der Waals surface area (Å²) in [5.74, 6) is 0.303. The van der Waals surface area contributed by atoms with Crippen molar-refractivity contribution in [1.29, 1.82) is 0 Å². The maximum atomic E-state index is 13.4. The Morgan fingerprint density at radius 3 is 2.26 bits per heavy atom. The maximum Gasteiger partial charge on any atom is 0.418 e. The molecule has 0 bridgehead atoms. The lowest BCUT2D eigenvalue weighted by Gasteiger charge is -2.25. The highest BCUT2D eigenvalue weighted by molar-refractivity contribution is 7.92. The van der Waals surface area contributed by atoms with E-state index in [1.165, 1.54) is 11.6 Å². The van der Waals surface area contributed by atoms with E-state index in [0.717, 1.165) is 12.3 Å². The number of carbonyl (C=O) groups is 1. The molecule has 0 aliphatic heterocycles. The van der Waals surface area contributed by atoms with Gasteiger partial charge in [-0.15, -0.1) is 0 Å². The zero-order valence-electron chi connectivity index (χ0n) is 20.1. The normalized spacial score (nSPS) is 12.3. The maximum absolute atomic E-state index is 13.4. The van der Waals surface area contributed by atoms with Gasteiger partial charge in [-0.1, -0.05) is 44.5 Å². The van der Waals surface area contributed by atoms with Crippen LogP contribution in [0, 0.1) is 0 Å². The molecule has 0 saturated carbocycles. The van der Waals surface area contributed by atoms with Gasteiger partial charge in [0.05, 0.1) is 24.1 Å². The van der Waals surface area contributed by atoms with Crippen LogP contribution >= 0.6 is 11.6 Å². The van der Waals surface area contributed by atoms with Gasteiger partial charge in [0.15, 0.2) is 0 Å². The summed E-state index contributed by atoms with van der Waals surface area (Å²) in [4.78, 5) is 12.1. The summed E-state index contributed by atoms with van der Waals surface area (Å²) in [5.41, 5.74) is -0.494. The van der Waals surface area contributed by atoms with E-state index in [1.54, 1.807) is 0 Å². The minimum absolute atomic E-state index is 0.0218. The summed E-state index contributed by atoms with van der Waals surface area (Å²) in [6, 6.07) is 10.5. The van der Waals surface area contributed by atoms with Gasteiger partial charge in [-0.25, -0.2) is 8.42 Å². The highest BCUT2D eigenvalue weighted by Gasteiger charge is 2.36. The molecule has 2 aromatic rings. The lowest BCUT2D eigenvalue weighted by Crippen LogP contribution is -2.34. The lowest BCUT2D eigenvalue weighted by atomic mass is 9.87. The van der Waals surface area contributed by atoms with Crippen molar-refractivity contribution in [3.8, 4) is 5.75 Å². The summed E-state index contributed by atoms with van der Waals surface area (Å²) in [7, 11) is -4.04. The monoisotopic (exact) mass is 534 g/mol. The number of carbonyl (C=O) groups excluding carboxylic acids is 1. The topological polar surface area (TPSA) is 75.7 Å². The van der Waals surface area contributed by atoms with Gasteiger partial charge in [-0.3, -0.25) is 9.10 Å². The molecule has 0 atom stereocenters. The Bertz CT molecular complexity index is 1120. The van der Waals surface area contributed by atoms with Gasteiger partial charge < -0.3 is 10.1 Å². The molecule has 0 aromatic heterocycles. The molecule has 2 rings (SSSR count). The molecule has 0 unspecified atom stereocenters. The van der Waals surface area contributed by atoms with Gasteiger partial charge in [0.2, 0.25) is 15.9 Å². The molecule has 0 radical (unpaired) electrons. The summed E-state index contributed by atoms with van der Waals surface area (Å²) < 4.78 is 71.0. The molecule has 2 aromatic carbocycles. The first-order chi connectivity index (χ1) is 16.1. The summed E-state index contributed by atoms with van der Waals surface area (Å²) >= 11 is 5.68. The predicted molar refractivity (Wildman–Crippen MR) is 132 cm³/mol. The van der Waals surface area contributed by atoms with Crippen LogP contribution in [0.5, 0.6) is 5.75 Å². The van der Waals surface area contributed by atoms with Crippen molar-refractivity contribution in [1.82, 2.24) is 5.32 Å². The van der Waals surface area contributed by atoms with Crippen LogP contribution in [0.4, 0.5) is 18.9 Å². The minimum atomic E-state index is -4.80. The smallest absolute Gasteiger partial charge is 0.418 e. The number of amides is 1. The van der Waals surface area contributed by atoms with E-state index in [-0.39, 0.29) is 48.9 Å². The number of rotatable bonds is 10. The quantitative estimate of drug-likeness (QED) is 0.414. The first-order valence-corrected chi connectivity index (χ1v) is 13.2. The molecule has 1 amide bonds. The van der Waals surface area contributed by atoms with E-state index in [4.69, 9.17) is 16.3 Å². The van der Waals surface area contributed by atoms with E-state index in [2.05, 4.69) is 26.1 Å². The average molecular weight is 535 g/mol. The Hall–Kier alpha value is -2.46. The Kier molecular flexibility index (Phi) is 9.47. The standard InChI is InChI=1S/C24H30ClF3N2O4S/c1-23(2,3)17-7-10-19(11-8-17)34-15-13-29-22(31)6-5-14-30(35(4,32)33)21-12-9-18(25)16-20(21)24(26,27)28/h7-12,16H,5-6,13-15H2,1-4H3,(H,29,31). The van der Waals surface area contributed by atoms with Crippen molar-refractivity contribution < 1.29 is 31.1 Å². The first-order valence-electron chi connectivity index (χ1n) is 10.9. The largest absolute Gasteiger partial charge is 0.492 e. The zero-order chi connectivity index (χ0) is 26.4. The van der Waals surface area contributed by atoms with Crippen molar-refractivity contribution in [2.75, 3.05) is 30.3 Å². The van der Waals surface area contributed by atoms with Crippen LogP contribution in [0.1, 0.15) is 44.7 Å². The fourth-order valence-corrected chi connectivity index (χ4v) is 4.45. The van der Waals surface area contributed by atoms with Gasteiger partial charge in [0.1, 0.15) is 12.4 Å². The van der Waals surface area contributed by atoms with E-state index in [9.17, 15) is 26.4 Å². The second-order valence-electron chi connectivity index (χ2n) is 9.07. The van der Waals surface area contributed by atoms with Crippen LogP contribution in [-0.2, 0) is 26.4 Å². The minimum Gasteiger partial charge on any atom is -0.492 e. The Morgan fingerprint density at radius 1 is 1.09 bits per heavy atom. The number of alkyl halides is 3. The van der Waals surface area contributed by atoms with Crippen molar-refractivity contribution in [2.45, 2.75) is 45.2 Å². The summed E-state index contributed by atoms with van der Waals surface area (Å²) in [6.45, 7) is 6.49. The molecule has 0 spiro atoms. The van der Waals surface area contributed by atoms with Crippen LogP contribution in [0.15, 0.2) is 42.5 Å². The lowest BCUT2D eigenvalue weighted by molar-refractivity contribution is -0.137. The molecule has 6 nitrogen and oxygen atoms in total. The first kappa shape index (κ1) is 28.8. The summed E-state index contributed by atoms with van der Waals surface area (Å²) in [5, 5.41) is 2.49. The second-order valence-corrected chi connectivity index (χ2v) is 11.4. The molecule has 1 N–H and O–H groups in total. The van der Waals surface area contributed by atoms with Crippen molar-refractivity contribution in [3.05, 3.63) is 58.6 Å². The van der Waals surface area contributed by atoms with Crippen molar-refractivity contribution in [3.63, 3.8) is 0 Å². The highest BCUT2D eigenvalue weighted by Crippen LogP contribution is 2.39. The van der Waals surface area contributed by atoms with Gasteiger partial charge >= 0.3 is 6.18 Å². The van der Waals surface area contributed by atoms with Crippen molar-refractivity contribution >= 4 is 33.2 Å². The number of halogens is 4. The fourth-order valence-electron chi connectivity index (χ4n) is 3.30. The van der Waals surface area contributed by atoms with Crippen molar-refractivity contribution in [2.24, 2.45) is 0 Å². The van der Waals surface area contributed by atoms with Gasteiger partial charge in [0, 0.05) is 18.0 Å². The number of anilines is 1. The van der Waals surface area contributed by atoms with Crippen LogP contribution in [0.3, 0.4) is 0 Å².